The predicted octanol–water partition coefficient (Wildman–Crippen LogP) is 6.83. The fourth-order valence-corrected chi connectivity index (χ4v) is 3.98. The normalized spacial score (nSPS) is 12.9. The highest BCUT2D eigenvalue weighted by Crippen LogP contribution is 2.26. The number of aromatic nitrogens is 1. The SMILES string of the molecule is CCCCc1cccc([C@H](C)NC(=O)c2ccc3cc(C)n(CC(C)(C)C)c3c2)c1. The summed E-state index contributed by atoms with van der Waals surface area (Å²) in [5.74, 6) is -0.0236. The molecule has 0 aliphatic carbocycles. The molecule has 160 valence electrons. The van der Waals surface area contributed by atoms with Crippen LogP contribution in [0.15, 0.2) is 48.5 Å². The van der Waals surface area contributed by atoms with E-state index in [1.165, 1.54) is 29.5 Å². The van der Waals surface area contributed by atoms with Gasteiger partial charge >= 0.3 is 0 Å². The minimum atomic E-state index is -0.0297. The van der Waals surface area contributed by atoms with Crippen LogP contribution in [-0.4, -0.2) is 10.5 Å². The van der Waals surface area contributed by atoms with E-state index in [0.29, 0.717) is 5.56 Å². The van der Waals surface area contributed by atoms with Crippen molar-refractivity contribution in [2.45, 2.75) is 73.4 Å². The Morgan fingerprint density at radius 2 is 1.87 bits per heavy atom. The molecule has 3 heteroatoms. The molecular formula is C27H36N2O. The topological polar surface area (TPSA) is 34.0 Å². The second kappa shape index (κ2) is 9.07. The van der Waals surface area contributed by atoms with Gasteiger partial charge in [0, 0.05) is 23.3 Å². The molecule has 0 aliphatic heterocycles. The molecule has 3 rings (SSSR count). The van der Waals surface area contributed by atoms with Crippen LogP contribution < -0.4 is 5.32 Å². The molecule has 1 atom stereocenters. The van der Waals surface area contributed by atoms with Crippen LogP contribution >= 0.6 is 0 Å². The van der Waals surface area contributed by atoms with Crippen molar-refractivity contribution >= 4 is 16.8 Å². The summed E-state index contributed by atoms with van der Waals surface area (Å²) in [6, 6.07) is 16.8. The van der Waals surface area contributed by atoms with Crippen LogP contribution in [0.2, 0.25) is 0 Å². The molecule has 0 spiro atoms. The third kappa shape index (κ3) is 5.33. The number of hydrogen-bond acceptors (Lipinski definition) is 1. The van der Waals surface area contributed by atoms with Gasteiger partial charge in [0.25, 0.3) is 5.91 Å². The molecular weight excluding hydrogens is 368 g/mol. The molecule has 0 unspecified atom stereocenters. The first-order valence-corrected chi connectivity index (χ1v) is 11.2. The van der Waals surface area contributed by atoms with Crippen molar-refractivity contribution in [2.75, 3.05) is 0 Å². The van der Waals surface area contributed by atoms with Crippen molar-refractivity contribution < 1.29 is 4.79 Å². The van der Waals surface area contributed by atoms with E-state index in [0.717, 1.165) is 24.0 Å². The van der Waals surface area contributed by atoms with Crippen molar-refractivity contribution in [2.24, 2.45) is 5.41 Å². The molecule has 2 aromatic carbocycles. The van der Waals surface area contributed by atoms with Crippen LogP contribution in [0.5, 0.6) is 0 Å². The highest BCUT2D eigenvalue weighted by Gasteiger charge is 2.17. The first kappa shape index (κ1) is 22.1. The van der Waals surface area contributed by atoms with Crippen LogP contribution in [0.4, 0.5) is 0 Å². The van der Waals surface area contributed by atoms with Crippen LogP contribution in [-0.2, 0) is 13.0 Å². The molecule has 1 aromatic heterocycles. The summed E-state index contributed by atoms with van der Waals surface area (Å²) < 4.78 is 2.33. The monoisotopic (exact) mass is 404 g/mol. The van der Waals surface area contributed by atoms with Crippen LogP contribution in [0.25, 0.3) is 10.9 Å². The van der Waals surface area contributed by atoms with Gasteiger partial charge in [0.15, 0.2) is 0 Å². The zero-order valence-corrected chi connectivity index (χ0v) is 19.4. The fraction of sp³-hybridized carbons (Fsp3) is 0.444. The van der Waals surface area contributed by atoms with E-state index in [2.05, 4.69) is 87.8 Å². The van der Waals surface area contributed by atoms with E-state index in [1.807, 2.05) is 12.1 Å². The molecule has 0 fully saturated rings. The average Bonchev–Trinajstić information content (AvgIpc) is 2.99. The van der Waals surface area contributed by atoms with E-state index in [1.54, 1.807) is 0 Å². The number of hydrogen-bond donors (Lipinski definition) is 1. The molecule has 0 saturated heterocycles. The number of rotatable bonds is 7. The first-order chi connectivity index (χ1) is 14.2. The Morgan fingerprint density at radius 1 is 1.10 bits per heavy atom. The molecule has 0 radical (unpaired) electrons. The number of fused-ring (bicyclic) bond motifs is 1. The lowest BCUT2D eigenvalue weighted by molar-refractivity contribution is 0.0940. The Bertz CT molecular complexity index is 1020. The van der Waals surface area contributed by atoms with Gasteiger partial charge in [-0.2, -0.15) is 0 Å². The Kier molecular flexibility index (Phi) is 6.70. The third-order valence-corrected chi connectivity index (χ3v) is 5.62. The minimum Gasteiger partial charge on any atom is -0.346 e. The summed E-state index contributed by atoms with van der Waals surface area (Å²) in [6.45, 7) is 14.1. The van der Waals surface area contributed by atoms with Gasteiger partial charge in [0.1, 0.15) is 0 Å². The van der Waals surface area contributed by atoms with Gasteiger partial charge in [-0.25, -0.2) is 0 Å². The Labute approximate surface area is 181 Å². The van der Waals surface area contributed by atoms with Gasteiger partial charge in [0.2, 0.25) is 0 Å². The number of carbonyl (C=O) groups excluding carboxylic acids is 1. The van der Waals surface area contributed by atoms with Gasteiger partial charge < -0.3 is 9.88 Å². The number of unbranched alkanes of at least 4 members (excludes halogenated alkanes) is 1. The van der Waals surface area contributed by atoms with Gasteiger partial charge in [0.05, 0.1) is 6.04 Å². The highest BCUT2D eigenvalue weighted by atomic mass is 16.1. The Balaban J connectivity index is 1.80. The quantitative estimate of drug-likeness (QED) is 0.460. The Morgan fingerprint density at radius 3 is 2.57 bits per heavy atom. The maximum absolute atomic E-state index is 13.0. The van der Waals surface area contributed by atoms with E-state index in [9.17, 15) is 4.79 Å². The van der Waals surface area contributed by atoms with Gasteiger partial charge in [-0.05, 0) is 66.8 Å². The summed E-state index contributed by atoms with van der Waals surface area (Å²) in [4.78, 5) is 13.0. The zero-order valence-electron chi connectivity index (χ0n) is 19.4. The smallest absolute Gasteiger partial charge is 0.251 e. The van der Waals surface area contributed by atoms with E-state index in [4.69, 9.17) is 0 Å². The maximum atomic E-state index is 13.0. The molecule has 0 bridgehead atoms. The van der Waals surface area contributed by atoms with Crippen LogP contribution in [0.1, 0.15) is 80.7 Å². The van der Waals surface area contributed by atoms with Crippen molar-refractivity contribution in [3.05, 3.63) is 70.9 Å². The zero-order chi connectivity index (χ0) is 21.9. The molecule has 0 aliphatic rings. The number of aryl methyl sites for hydroxylation is 2. The number of carbonyl (C=O) groups is 1. The maximum Gasteiger partial charge on any atom is 0.251 e. The largest absolute Gasteiger partial charge is 0.346 e. The molecule has 3 nitrogen and oxygen atoms in total. The van der Waals surface area contributed by atoms with Crippen LogP contribution in [0, 0.1) is 12.3 Å². The van der Waals surface area contributed by atoms with E-state index >= 15 is 0 Å². The fourth-order valence-electron chi connectivity index (χ4n) is 3.98. The first-order valence-electron chi connectivity index (χ1n) is 11.2. The lowest BCUT2D eigenvalue weighted by atomic mass is 9.96. The molecule has 1 amide bonds. The van der Waals surface area contributed by atoms with Gasteiger partial charge in [-0.1, -0.05) is 64.4 Å². The summed E-state index contributed by atoms with van der Waals surface area (Å²) >= 11 is 0. The number of nitrogens with zero attached hydrogens (tertiary/aromatic N) is 1. The molecule has 1 N–H and O–H groups in total. The van der Waals surface area contributed by atoms with Crippen molar-refractivity contribution in [1.82, 2.24) is 9.88 Å². The Hall–Kier alpha value is -2.55. The standard InChI is InChI=1S/C27H36N2O/c1-7-8-10-21-11-9-12-22(16-21)20(3)28-26(30)24-14-13-23-15-19(2)29(25(23)17-24)18-27(4,5)6/h9,11-17,20H,7-8,10,18H2,1-6H3,(H,28,30)/t20-/m0/s1. The number of amides is 1. The molecule has 1 heterocycles. The lowest BCUT2D eigenvalue weighted by Gasteiger charge is -2.21. The van der Waals surface area contributed by atoms with Crippen molar-refractivity contribution in [1.29, 1.82) is 0 Å². The van der Waals surface area contributed by atoms with Crippen molar-refractivity contribution in [3.63, 3.8) is 0 Å². The minimum absolute atomic E-state index is 0.0236. The predicted molar refractivity (Wildman–Crippen MR) is 127 cm³/mol. The molecule has 30 heavy (non-hydrogen) atoms. The number of nitrogens with one attached hydrogen (secondary N) is 1. The van der Waals surface area contributed by atoms with E-state index < -0.39 is 0 Å². The summed E-state index contributed by atoms with van der Waals surface area (Å²) in [6.07, 6.45) is 3.47. The summed E-state index contributed by atoms with van der Waals surface area (Å²) in [5, 5.41) is 4.37. The van der Waals surface area contributed by atoms with Gasteiger partial charge in [-0.3, -0.25) is 4.79 Å². The molecule has 0 saturated carbocycles. The second-order valence-electron chi connectivity index (χ2n) is 9.75. The summed E-state index contributed by atoms with van der Waals surface area (Å²) in [5.41, 5.74) is 5.74. The lowest BCUT2D eigenvalue weighted by Crippen LogP contribution is -2.26. The second-order valence-corrected chi connectivity index (χ2v) is 9.75. The van der Waals surface area contributed by atoms with E-state index in [-0.39, 0.29) is 17.4 Å². The third-order valence-electron chi connectivity index (χ3n) is 5.62. The average molecular weight is 405 g/mol. The van der Waals surface area contributed by atoms with Crippen molar-refractivity contribution in [3.8, 4) is 0 Å². The highest BCUT2D eigenvalue weighted by molar-refractivity contribution is 5.98. The summed E-state index contributed by atoms with van der Waals surface area (Å²) in [7, 11) is 0. The van der Waals surface area contributed by atoms with Crippen LogP contribution in [0.3, 0.4) is 0 Å². The van der Waals surface area contributed by atoms with Gasteiger partial charge in [-0.15, -0.1) is 0 Å². The number of benzene rings is 2. The molecule has 3 aromatic rings.